The van der Waals surface area contributed by atoms with Crippen molar-refractivity contribution in [3.63, 3.8) is 0 Å². The second-order valence-corrected chi connectivity index (χ2v) is 7.07. The summed E-state index contributed by atoms with van der Waals surface area (Å²) in [7, 11) is 1.61. The summed E-state index contributed by atoms with van der Waals surface area (Å²) < 4.78 is 5.13. The maximum absolute atomic E-state index is 12.5. The topological polar surface area (TPSA) is 46.6 Å². The second kappa shape index (κ2) is 7.28. The van der Waals surface area contributed by atoms with E-state index < -0.39 is 0 Å². The molecule has 1 fully saturated rings. The van der Waals surface area contributed by atoms with Gasteiger partial charge in [-0.3, -0.25) is 14.5 Å². The quantitative estimate of drug-likeness (QED) is 0.802. The van der Waals surface area contributed by atoms with Gasteiger partial charge in [-0.05, 0) is 41.8 Å². The molecule has 0 radical (unpaired) electrons. The fourth-order valence-corrected chi connectivity index (χ4v) is 3.67. The molecule has 0 N–H and O–H groups in total. The zero-order chi connectivity index (χ0) is 17.1. The zero-order valence-corrected chi connectivity index (χ0v) is 14.6. The van der Waals surface area contributed by atoms with Gasteiger partial charge >= 0.3 is 0 Å². The van der Waals surface area contributed by atoms with E-state index in [1.54, 1.807) is 19.2 Å². The number of imide groups is 1. The third kappa shape index (κ3) is 3.74. The number of carbonyl (C=O) groups is 2. The lowest BCUT2D eigenvalue weighted by molar-refractivity contribution is -0.127. The van der Waals surface area contributed by atoms with E-state index in [1.807, 2.05) is 36.4 Å². The number of halogens is 1. The van der Waals surface area contributed by atoms with Crippen molar-refractivity contribution in [1.82, 2.24) is 4.90 Å². The van der Waals surface area contributed by atoms with Crippen LogP contribution in [0.25, 0.3) is 0 Å². The first-order valence-electron chi connectivity index (χ1n) is 7.46. The number of hydrogen-bond donors (Lipinski definition) is 0. The molecule has 0 unspecified atom stereocenters. The second-order valence-electron chi connectivity index (χ2n) is 5.48. The van der Waals surface area contributed by atoms with Crippen molar-refractivity contribution >= 4 is 34.5 Å². The number of nitrogens with zero attached hydrogens (tertiary/aromatic N) is 1. The standard InChI is InChI=1S/C18H16ClNO3S/c1-23-15-8-4-12(5-9-15)10-16-17(21)20(18(22)24-16)11-13-2-6-14(19)7-3-13/h2-9,16H,10-11H2,1H3/t16-/m1/s1. The molecule has 1 heterocycles. The summed E-state index contributed by atoms with van der Waals surface area (Å²) in [6, 6.07) is 14.7. The smallest absolute Gasteiger partial charge is 0.289 e. The minimum absolute atomic E-state index is 0.143. The number of benzene rings is 2. The number of hydrogen-bond acceptors (Lipinski definition) is 4. The van der Waals surface area contributed by atoms with Crippen molar-refractivity contribution in [3.05, 3.63) is 64.7 Å². The lowest BCUT2D eigenvalue weighted by atomic mass is 10.1. The fraction of sp³-hybridized carbons (Fsp3) is 0.222. The van der Waals surface area contributed by atoms with Crippen LogP contribution in [0.1, 0.15) is 11.1 Å². The molecule has 2 aromatic carbocycles. The van der Waals surface area contributed by atoms with E-state index in [-0.39, 0.29) is 22.9 Å². The van der Waals surface area contributed by atoms with Crippen LogP contribution in [0.3, 0.4) is 0 Å². The Bertz CT molecular complexity index is 746. The predicted octanol–water partition coefficient (Wildman–Crippen LogP) is 4.16. The van der Waals surface area contributed by atoms with Crippen LogP contribution in [0.5, 0.6) is 5.75 Å². The SMILES string of the molecule is COc1ccc(C[C@H]2SC(=O)N(Cc3ccc(Cl)cc3)C2=O)cc1. The van der Waals surface area contributed by atoms with Gasteiger partial charge in [-0.1, -0.05) is 47.6 Å². The highest BCUT2D eigenvalue weighted by molar-refractivity contribution is 8.15. The van der Waals surface area contributed by atoms with E-state index in [9.17, 15) is 9.59 Å². The number of ether oxygens (including phenoxy) is 1. The highest BCUT2D eigenvalue weighted by Gasteiger charge is 2.39. The van der Waals surface area contributed by atoms with Gasteiger partial charge in [0.05, 0.1) is 18.9 Å². The van der Waals surface area contributed by atoms with E-state index in [1.165, 1.54) is 4.90 Å². The van der Waals surface area contributed by atoms with E-state index in [4.69, 9.17) is 16.3 Å². The monoisotopic (exact) mass is 361 g/mol. The van der Waals surface area contributed by atoms with Gasteiger partial charge in [0, 0.05) is 5.02 Å². The number of thioether (sulfide) groups is 1. The summed E-state index contributed by atoms with van der Waals surface area (Å²) in [6.45, 7) is 0.279. The first-order chi connectivity index (χ1) is 11.6. The Hall–Kier alpha value is -1.98. The normalized spacial score (nSPS) is 17.4. The Labute approximate surface area is 149 Å². The maximum Gasteiger partial charge on any atom is 0.289 e. The van der Waals surface area contributed by atoms with E-state index >= 15 is 0 Å². The molecule has 0 aliphatic carbocycles. The van der Waals surface area contributed by atoms with Crippen LogP contribution in [0.4, 0.5) is 4.79 Å². The van der Waals surface area contributed by atoms with E-state index in [2.05, 4.69) is 0 Å². The molecule has 2 amide bonds. The van der Waals surface area contributed by atoms with Gasteiger partial charge < -0.3 is 4.74 Å². The molecule has 0 bridgehead atoms. The molecule has 6 heteroatoms. The average molecular weight is 362 g/mol. The fourth-order valence-electron chi connectivity index (χ4n) is 2.52. The largest absolute Gasteiger partial charge is 0.497 e. The Kier molecular flexibility index (Phi) is 5.11. The van der Waals surface area contributed by atoms with Gasteiger partial charge in [0.1, 0.15) is 5.75 Å². The molecular weight excluding hydrogens is 346 g/mol. The molecular formula is C18H16ClNO3S. The summed E-state index contributed by atoms with van der Waals surface area (Å²) in [6.07, 6.45) is 0.524. The van der Waals surface area contributed by atoms with Gasteiger partial charge in [-0.2, -0.15) is 0 Å². The average Bonchev–Trinajstić information content (AvgIpc) is 2.85. The highest BCUT2D eigenvalue weighted by Crippen LogP contribution is 2.31. The maximum atomic E-state index is 12.5. The summed E-state index contributed by atoms with van der Waals surface area (Å²) in [5.74, 6) is 0.625. The van der Waals surface area contributed by atoms with Gasteiger partial charge in [0.2, 0.25) is 5.91 Å². The molecule has 1 saturated heterocycles. The van der Waals surface area contributed by atoms with Gasteiger partial charge in [-0.15, -0.1) is 0 Å². The molecule has 1 aliphatic rings. The van der Waals surface area contributed by atoms with E-state index in [0.29, 0.717) is 11.4 Å². The lowest BCUT2D eigenvalue weighted by Crippen LogP contribution is -2.31. The molecule has 4 nitrogen and oxygen atoms in total. The minimum Gasteiger partial charge on any atom is -0.497 e. The molecule has 1 aliphatic heterocycles. The van der Waals surface area contributed by atoms with Crippen LogP contribution in [0.15, 0.2) is 48.5 Å². The molecule has 0 saturated carbocycles. The molecule has 3 rings (SSSR count). The third-order valence-corrected chi connectivity index (χ3v) is 5.17. The van der Waals surface area contributed by atoms with Gasteiger partial charge in [-0.25, -0.2) is 0 Å². The first kappa shape index (κ1) is 16.9. The van der Waals surface area contributed by atoms with Crippen molar-refractivity contribution < 1.29 is 14.3 Å². The summed E-state index contributed by atoms with van der Waals surface area (Å²) >= 11 is 6.95. The van der Waals surface area contributed by atoms with Crippen LogP contribution < -0.4 is 4.74 Å². The predicted molar refractivity (Wildman–Crippen MR) is 95.5 cm³/mol. The van der Waals surface area contributed by atoms with Crippen molar-refractivity contribution in [3.8, 4) is 5.75 Å². The van der Waals surface area contributed by atoms with Crippen LogP contribution in [-0.4, -0.2) is 28.4 Å². The Balaban J connectivity index is 1.67. The molecule has 2 aromatic rings. The molecule has 0 spiro atoms. The van der Waals surface area contributed by atoms with Crippen LogP contribution in [0, 0.1) is 0 Å². The number of amides is 2. The van der Waals surface area contributed by atoms with Crippen molar-refractivity contribution in [2.24, 2.45) is 0 Å². The Morgan fingerprint density at radius 3 is 2.29 bits per heavy atom. The van der Waals surface area contributed by atoms with Crippen LogP contribution >= 0.6 is 23.4 Å². The minimum atomic E-state index is -0.377. The Morgan fingerprint density at radius 1 is 1.04 bits per heavy atom. The van der Waals surface area contributed by atoms with E-state index in [0.717, 1.165) is 28.6 Å². The van der Waals surface area contributed by atoms with Gasteiger partial charge in [0.25, 0.3) is 5.24 Å². The highest BCUT2D eigenvalue weighted by atomic mass is 35.5. The van der Waals surface area contributed by atoms with Crippen LogP contribution in [-0.2, 0) is 17.8 Å². The molecule has 0 aromatic heterocycles. The zero-order valence-electron chi connectivity index (χ0n) is 13.1. The van der Waals surface area contributed by atoms with Gasteiger partial charge in [0.15, 0.2) is 0 Å². The number of methoxy groups -OCH3 is 1. The number of rotatable bonds is 5. The van der Waals surface area contributed by atoms with Crippen molar-refractivity contribution in [2.45, 2.75) is 18.2 Å². The molecule has 124 valence electrons. The van der Waals surface area contributed by atoms with Crippen molar-refractivity contribution in [2.75, 3.05) is 7.11 Å². The third-order valence-electron chi connectivity index (χ3n) is 3.84. The summed E-state index contributed by atoms with van der Waals surface area (Å²) in [5.41, 5.74) is 1.88. The lowest BCUT2D eigenvalue weighted by Gasteiger charge is -2.14. The van der Waals surface area contributed by atoms with Crippen LogP contribution in [0.2, 0.25) is 5.02 Å². The molecule has 24 heavy (non-hydrogen) atoms. The molecule has 1 atom stereocenters. The number of carbonyl (C=O) groups excluding carboxylic acids is 2. The van der Waals surface area contributed by atoms with Crippen molar-refractivity contribution in [1.29, 1.82) is 0 Å². The Morgan fingerprint density at radius 2 is 1.67 bits per heavy atom. The summed E-state index contributed by atoms with van der Waals surface area (Å²) in [5, 5.41) is 0.0521. The first-order valence-corrected chi connectivity index (χ1v) is 8.72. The summed E-state index contributed by atoms with van der Waals surface area (Å²) in [4.78, 5) is 26.0.